The maximum absolute atomic E-state index is 6.49. The van der Waals surface area contributed by atoms with Crippen molar-refractivity contribution in [2.75, 3.05) is 10.0 Å². The van der Waals surface area contributed by atoms with Crippen LogP contribution in [0.15, 0.2) is 211 Å². The van der Waals surface area contributed by atoms with Gasteiger partial charge >= 0.3 is 0 Å². The first-order valence-corrected chi connectivity index (χ1v) is 19.4. The summed E-state index contributed by atoms with van der Waals surface area (Å²) in [7, 11) is 0. The highest BCUT2D eigenvalue weighted by molar-refractivity contribution is 8.01. The molecule has 0 heterocycles. The second-order valence-electron chi connectivity index (χ2n) is 14.0. The van der Waals surface area contributed by atoms with Crippen LogP contribution >= 0.6 is 11.9 Å². The van der Waals surface area contributed by atoms with Crippen molar-refractivity contribution in [3.8, 4) is 33.4 Å². The van der Waals surface area contributed by atoms with Gasteiger partial charge in [-0.2, -0.15) is 0 Å². The van der Waals surface area contributed by atoms with Crippen LogP contribution < -0.4 is 10.0 Å². The summed E-state index contributed by atoms with van der Waals surface area (Å²) in [6.07, 6.45) is 0. The van der Waals surface area contributed by atoms with Crippen LogP contribution in [0.2, 0.25) is 0 Å². The number of hydrogen-bond donors (Lipinski definition) is 1. The predicted octanol–water partition coefficient (Wildman–Crippen LogP) is 14.7. The quantitative estimate of drug-likeness (QED) is 0.101. The SMILES string of the molecule is Nc1ccccc1N(Sc1ccc(-c2ccc3c(-c4ccc5ccccc5c4)c4ccccc4c(-c4ccc5ccccc5c4)c3c2)cc1)c1ccccc1. The van der Waals surface area contributed by atoms with Crippen LogP contribution in [0, 0.1) is 0 Å². The van der Waals surface area contributed by atoms with Crippen molar-refractivity contribution < 1.29 is 0 Å². The number of nitrogens with two attached hydrogens (primary N) is 1. The lowest BCUT2D eigenvalue weighted by Crippen LogP contribution is -2.09. The molecular formula is C52H36N2S. The standard InChI is InChI=1S/C52H36N2S/c53-49-20-10-11-21-50(49)54(43-16-2-1-3-17-43)55-44-29-26-37(27-30-44)40-28-31-47-48(34-40)52(42-25-23-36-13-5-7-15-39(36)33-42)46-19-9-8-18-45(46)51(47)41-24-22-35-12-4-6-14-38(35)32-41/h1-34H,53H2. The number of anilines is 3. The number of nitrogens with zero attached hydrogens (tertiary/aromatic N) is 1. The molecule has 0 spiro atoms. The molecule has 0 radical (unpaired) electrons. The zero-order valence-electron chi connectivity index (χ0n) is 30.1. The Labute approximate surface area is 325 Å². The van der Waals surface area contributed by atoms with Gasteiger partial charge in [0.1, 0.15) is 0 Å². The molecular weight excluding hydrogens is 685 g/mol. The third-order valence-corrected chi connectivity index (χ3v) is 11.7. The van der Waals surface area contributed by atoms with Crippen molar-refractivity contribution in [1.29, 1.82) is 0 Å². The van der Waals surface area contributed by atoms with E-state index in [1.165, 1.54) is 76.5 Å². The Morgan fingerprint density at radius 2 is 0.836 bits per heavy atom. The molecule has 0 saturated heterocycles. The van der Waals surface area contributed by atoms with Gasteiger partial charge in [-0.05, 0) is 143 Å². The third kappa shape index (κ3) is 6.05. The van der Waals surface area contributed by atoms with E-state index in [0.717, 1.165) is 22.0 Å². The van der Waals surface area contributed by atoms with Crippen LogP contribution in [0.1, 0.15) is 0 Å². The Morgan fingerprint density at radius 1 is 0.345 bits per heavy atom. The van der Waals surface area contributed by atoms with Gasteiger partial charge in [-0.25, -0.2) is 0 Å². The number of para-hydroxylation sites is 3. The van der Waals surface area contributed by atoms with Gasteiger partial charge in [0.2, 0.25) is 0 Å². The fourth-order valence-corrected chi connectivity index (χ4v) is 8.92. The van der Waals surface area contributed by atoms with Crippen molar-refractivity contribution in [2.45, 2.75) is 4.90 Å². The second-order valence-corrected chi connectivity index (χ2v) is 15.0. The molecule has 0 unspecified atom stereocenters. The van der Waals surface area contributed by atoms with E-state index in [1.54, 1.807) is 11.9 Å². The molecule has 0 aliphatic heterocycles. The van der Waals surface area contributed by atoms with Gasteiger partial charge < -0.3 is 5.73 Å². The lowest BCUT2D eigenvalue weighted by Gasteiger charge is -2.25. The van der Waals surface area contributed by atoms with E-state index in [-0.39, 0.29) is 0 Å². The largest absolute Gasteiger partial charge is 0.397 e. The van der Waals surface area contributed by atoms with Crippen molar-refractivity contribution in [2.24, 2.45) is 0 Å². The van der Waals surface area contributed by atoms with Crippen LogP contribution in [0.5, 0.6) is 0 Å². The monoisotopic (exact) mass is 720 g/mol. The Bertz CT molecular complexity index is 3020. The molecule has 2 nitrogen and oxygen atoms in total. The average molecular weight is 721 g/mol. The Morgan fingerprint density at radius 3 is 1.47 bits per heavy atom. The van der Waals surface area contributed by atoms with Crippen molar-refractivity contribution in [3.05, 3.63) is 206 Å². The molecule has 260 valence electrons. The van der Waals surface area contributed by atoms with E-state index < -0.39 is 0 Å². The van der Waals surface area contributed by atoms with E-state index in [1.807, 2.05) is 24.3 Å². The Kier molecular flexibility index (Phi) is 8.28. The molecule has 0 fully saturated rings. The topological polar surface area (TPSA) is 29.3 Å². The van der Waals surface area contributed by atoms with Gasteiger partial charge in [-0.3, -0.25) is 4.31 Å². The molecule has 10 rings (SSSR count). The van der Waals surface area contributed by atoms with Crippen LogP contribution in [0.4, 0.5) is 17.1 Å². The lowest BCUT2D eigenvalue weighted by atomic mass is 9.84. The summed E-state index contributed by atoms with van der Waals surface area (Å²) >= 11 is 1.67. The fourth-order valence-electron chi connectivity index (χ4n) is 7.96. The minimum atomic E-state index is 0.740. The van der Waals surface area contributed by atoms with Crippen LogP contribution in [-0.2, 0) is 0 Å². The van der Waals surface area contributed by atoms with Gasteiger partial charge in [0, 0.05) is 4.90 Å². The molecule has 0 aliphatic rings. The van der Waals surface area contributed by atoms with Gasteiger partial charge in [0.25, 0.3) is 0 Å². The highest BCUT2D eigenvalue weighted by Crippen LogP contribution is 2.46. The summed E-state index contributed by atoms with van der Waals surface area (Å²) in [6.45, 7) is 0. The second kappa shape index (κ2) is 13.9. The first-order chi connectivity index (χ1) is 27.2. The minimum absolute atomic E-state index is 0.740. The van der Waals surface area contributed by atoms with E-state index in [2.05, 4.69) is 186 Å². The molecule has 10 aromatic carbocycles. The Balaban J connectivity index is 1.14. The predicted molar refractivity (Wildman–Crippen MR) is 238 cm³/mol. The molecule has 0 aliphatic carbocycles. The maximum atomic E-state index is 6.49. The average Bonchev–Trinajstić information content (AvgIpc) is 3.25. The summed E-state index contributed by atoms with van der Waals surface area (Å²) in [5.74, 6) is 0. The molecule has 10 aromatic rings. The molecule has 0 aromatic heterocycles. The molecule has 0 saturated carbocycles. The summed E-state index contributed by atoms with van der Waals surface area (Å²) in [6, 6.07) is 74.3. The summed E-state index contributed by atoms with van der Waals surface area (Å²) in [5.41, 5.74) is 16.6. The van der Waals surface area contributed by atoms with Crippen molar-refractivity contribution in [1.82, 2.24) is 0 Å². The highest BCUT2D eigenvalue weighted by atomic mass is 32.2. The van der Waals surface area contributed by atoms with Crippen LogP contribution in [-0.4, -0.2) is 0 Å². The fraction of sp³-hybridized carbons (Fsp3) is 0. The van der Waals surface area contributed by atoms with Gasteiger partial charge in [-0.1, -0.05) is 152 Å². The molecule has 0 bridgehead atoms. The van der Waals surface area contributed by atoms with Gasteiger partial charge in [0.05, 0.1) is 17.1 Å². The van der Waals surface area contributed by atoms with E-state index in [4.69, 9.17) is 5.73 Å². The van der Waals surface area contributed by atoms with Crippen LogP contribution in [0.25, 0.3) is 76.5 Å². The number of fused-ring (bicyclic) bond motifs is 4. The lowest BCUT2D eigenvalue weighted by molar-refractivity contribution is 1.39. The first-order valence-electron chi connectivity index (χ1n) is 18.6. The van der Waals surface area contributed by atoms with Crippen LogP contribution in [0.3, 0.4) is 0 Å². The first kappa shape index (κ1) is 32.8. The zero-order chi connectivity index (χ0) is 36.7. The number of nitrogen functional groups attached to an aromatic ring is 1. The highest BCUT2D eigenvalue weighted by Gasteiger charge is 2.19. The molecule has 55 heavy (non-hydrogen) atoms. The van der Waals surface area contributed by atoms with E-state index >= 15 is 0 Å². The molecule has 2 N–H and O–H groups in total. The van der Waals surface area contributed by atoms with Gasteiger partial charge in [-0.15, -0.1) is 0 Å². The molecule has 3 heteroatoms. The van der Waals surface area contributed by atoms with Crippen molar-refractivity contribution >= 4 is 72.1 Å². The smallest absolute Gasteiger partial charge is 0.0758 e. The van der Waals surface area contributed by atoms with Gasteiger partial charge in [0.15, 0.2) is 0 Å². The molecule has 0 atom stereocenters. The number of benzene rings is 10. The third-order valence-electron chi connectivity index (χ3n) is 10.6. The normalized spacial score (nSPS) is 11.4. The van der Waals surface area contributed by atoms with E-state index in [9.17, 15) is 0 Å². The Hall–Kier alpha value is -6.81. The van der Waals surface area contributed by atoms with E-state index in [0.29, 0.717) is 0 Å². The molecule has 0 amide bonds. The summed E-state index contributed by atoms with van der Waals surface area (Å²) in [5, 5.41) is 9.95. The number of rotatable bonds is 7. The summed E-state index contributed by atoms with van der Waals surface area (Å²) < 4.78 is 2.20. The maximum Gasteiger partial charge on any atom is 0.0758 e. The van der Waals surface area contributed by atoms with Crippen molar-refractivity contribution in [3.63, 3.8) is 0 Å². The summed E-state index contributed by atoms with van der Waals surface area (Å²) in [4.78, 5) is 1.12. The number of hydrogen-bond acceptors (Lipinski definition) is 3. The minimum Gasteiger partial charge on any atom is -0.397 e. The zero-order valence-corrected chi connectivity index (χ0v) is 30.9.